The molecule has 0 saturated heterocycles. The Kier molecular flexibility index (Phi) is 3.84. The van der Waals surface area contributed by atoms with E-state index in [0.29, 0.717) is 17.2 Å². The van der Waals surface area contributed by atoms with Crippen LogP contribution >= 0.6 is 12.2 Å². The highest BCUT2D eigenvalue weighted by molar-refractivity contribution is 7.80. The van der Waals surface area contributed by atoms with E-state index in [1.54, 1.807) is 12.4 Å². The molecule has 0 spiro atoms. The molecule has 18 heavy (non-hydrogen) atoms. The molecular formula is C13H14N4S. The van der Waals surface area contributed by atoms with Crippen molar-refractivity contribution >= 4 is 22.9 Å². The van der Waals surface area contributed by atoms with Crippen LogP contribution in [0.5, 0.6) is 0 Å². The van der Waals surface area contributed by atoms with Gasteiger partial charge in [0, 0.05) is 25.1 Å². The van der Waals surface area contributed by atoms with Gasteiger partial charge in [-0.25, -0.2) is 0 Å². The predicted molar refractivity (Wildman–Crippen MR) is 76.4 cm³/mol. The molecule has 0 atom stereocenters. The molecule has 0 saturated carbocycles. The monoisotopic (exact) mass is 258 g/mol. The van der Waals surface area contributed by atoms with E-state index < -0.39 is 0 Å². The lowest BCUT2D eigenvalue weighted by atomic mass is 10.1. The first-order valence-electron chi connectivity index (χ1n) is 5.56. The van der Waals surface area contributed by atoms with Crippen LogP contribution in [0.3, 0.4) is 0 Å². The maximum atomic E-state index is 5.63. The molecule has 0 aromatic carbocycles. The van der Waals surface area contributed by atoms with E-state index in [9.17, 15) is 0 Å². The third-order valence-electron chi connectivity index (χ3n) is 2.66. The average Bonchev–Trinajstić information content (AvgIpc) is 2.38. The zero-order valence-electron chi connectivity index (χ0n) is 10.1. The Morgan fingerprint density at radius 2 is 2.22 bits per heavy atom. The highest BCUT2D eigenvalue weighted by atomic mass is 32.1. The SMILES string of the molecule is Cc1ccncc1CNc1cccnc1C(N)=S. The summed E-state index contributed by atoms with van der Waals surface area (Å²) in [6, 6.07) is 5.74. The Bertz CT molecular complexity index is 568. The van der Waals surface area contributed by atoms with Gasteiger partial charge >= 0.3 is 0 Å². The van der Waals surface area contributed by atoms with Gasteiger partial charge in [-0.2, -0.15) is 0 Å². The fourth-order valence-corrected chi connectivity index (χ4v) is 1.78. The van der Waals surface area contributed by atoms with Crippen molar-refractivity contribution < 1.29 is 0 Å². The van der Waals surface area contributed by atoms with E-state index in [4.69, 9.17) is 18.0 Å². The normalized spacial score (nSPS) is 10.1. The van der Waals surface area contributed by atoms with Gasteiger partial charge in [-0.3, -0.25) is 9.97 Å². The van der Waals surface area contributed by atoms with Crippen LogP contribution in [0.4, 0.5) is 5.69 Å². The molecule has 0 fully saturated rings. The summed E-state index contributed by atoms with van der Waals surface area (Å²) in [6.07, 6.45) is 5.30. The zero-order valence-corrected chi connectivity index (χ0v) is 10.9. The first-order valence-corrected chi connectivity index (χ1v) is 5.97. The number of anilines is 1. The van der Waals surface area contributed by atoms with Crippen molar-refractivity contribution in [1.29, 1.82) is 0 Å². The van der Waals surface area contributed by atoms with Gasteiger partial charge in [-0.1, -0.05) is 12.2 Å². The van der Waals surface area contributed by atoms with Crippen LogP contribution < -0.4 is 11.1 Å². The zero-order chi connectivity index (χ0) is 13.0. The second-order valence-corrected chi connectivity index (χ2v) is 4.36. The van der Waals surface area contributed by atoms with Crippen molar-refractivity contribution in [1.82, 2.24) is 9.97 Å². The molecule has 2 aromatic heterocycles. The van der Waals surface area contributed by atoms with E-state index in [-0.39, 0.29) is 0 Å². The predicted octanol–water partition coefficient (Wildman–Crippen LogP) is 2.03. The van der Waals surface area contributed by atoms with Crippen molar-refractivity contribution in [2.75, 3.05) is 5.32 Å². The van der Waals surface area contributed by atoms with Crippen molar-refractivity contribution in [3.8, 4) is 0 Å². The standard InChI is InChI=1S/C13H14N4S/c1-9-4-6-15-7-10(9)8-17-11-3-2-5-16-12(11)13(14)18/h2-7,17H,8H2,1H3,(H2,14,18). The summed E-state index contributed by atoms with van der Waals surface area (Å²) >= 11 is 4.97. The van der Waals surface area contributed by atoms with Crippen LogP contribution in [0.25, 0.3) is 0 Å². The van der Waals surface area contributed by atoms with Crippen LogP contribution in [-0.2, 0) is 6.54 Å². The number of pyridine rings is 2. The van der Waals surface area contributed by atoms with Gasteiger partial charge < -0.3 is 11.1 Å². The second kappa shape index (κ2) is 5.55. The number of nitrogens with one attached hydrogen (secondary N) is 1. The van der Waals surface area contributed by atoms with E-state index in [1.807, 2.05) is 24.4 Å². The molecule has 0 amide bonds. The number of nitrogens with zero attached hydrogens (tertiary/aromatic N) is 2. The fraction of sp³-hybridized carbons (Fsp3) is 0.154. The van der Waals surface area contributed by atoms with E-state index in [0.717, 1.165) is 11.3 Å². The van der Waals surface area contributed by atoms with Crippen LogP contribution in [0.2, 0.25) is 0 Å². The second-order valence-electron chi connectivity index (χ2n) is 3.92. The Hall–Kier alpha value is -2.01. The molecule has 0 bridgehead atoms. The molecule has 4 nitrogen and oxygen atoms in total. The lowest BCUT2D eigenvalue weighted by Crippen LogP contribution is -2.15. The van der Waals surface area contributed by atoms with Crippen molar-refractivity contribution in [3.63, 3.8) is 0 Å². The molecule has 0 aliphatic heterocycles. The largest absolute Gasteiger partial charge is 0.388 e. The number of nitrogens with two attached hydrogens (primary N) is 1. The molecule has 0 aliphatic rings. The van der Waals surface area contributed by atoms with Crippen molar-refractivity contribution in [2.24, 2.45) is 5.73 Å². The molecule has 92 valence electrons. The molecule has 0 aliphatic carbocycles. The summed E-state index contributed by atoms with van der Waals surface area (Å²) in [5.41, 5.74) is 9.42. The topological polar surface area (TPSA) is 63.8 Å². The molecule has 5 heteroatoms. The van der Waals surface area contributed by atoms with Gasteiger partial charge in [-0.05, 0) is 36.2 Å². The van der Waals surface area contributed by atoms with Gasteiger partial charge in [0.2, 0.25) is 0 Å². The third-order valence-corrected chi connectivity index (χ3v) is 2.85. The lowest BCUT2D eigenvalue weighted by molar-refractivity contribution is 1.07. The van der Waals surface area contributed by atoms with Crippen LogP contribution in [0, 0.1) is 6.92 Å². The first kappa shape index (κ1) is 12.4. The molecule has 3 N–H and O–H groups in total. The molecule has 0 unspecified atom stereocenters. The summed E-state index contributed by atoms with van der Waals surface area (Å²) < 4.78 is 0. The Balaban J connectivity index is 2.16. The van der Waals surface area contributed by atoms with Gasteiger partial charge in [0.05, 0.1) is 5.69 Å². The molecule has 2 heterocycles. The summed E-state index contributed by atoms with van der Waals surface area (Å²) in [5.74, 6) is 0. The lowest BCUT2D eigenvalue weighted by Gasteiger charge is -2.11. The molecule has 2 rings (SSSR count). The Labute approximate surface area is 111 Å². The van der Waals surface area contributed by atoms with E-state index >= 15 is 0 Å². The van der Waals surface area contributed by atoms with Gasteiger partial charge in [-0.15, -0.1) is 0 Å². The number of rotatable bonds is 4. The summed E-state index contributed by atoms with van der Waals surface area (Å²) in [4.78, 5) is 8.57. The van der Waals surface area contributed by atoms with E-state index in [1.165, 1.54) is 5.56 Å². The minimum atomic E-state index is 0.293. The first-order chi connectivity index (χ1) is 8.68. The van der Waals surface area contributed by atoms with Crippen molar-refractivity contribution in [2.45, 2.75) is 13.5 Å². The smallest absolute Gasteiger partial charge is 0.124 e. The van der Waals surface area contributed by atoms with Crippen LogP contribution in [-0.4, -0.2) is 15.0 Å². The molecule has 0 radical (unpaired) electrons. The highest BCUT2D eigenvalue weighted by Crippen LogP contribution is 2.14. The summed E-state index contributed by atoms with van der Waals surface area (Å²) in [6.45, 7) is 2.72. The Morgan fingerprint density at radius 1 is 1.39 bits per heavy atom. The van der Waals surface area contributed by atoms with Crippen LogP contribution in [0.15, 0.2) is 36.8 Å². The minimum absolute atomic E-state index is 0.293. The maximum absolute atomic E-state index is 5.63. The average molecular weight is 258 g/mol. The third kappa shape index (κ3) is 2.81. The Morgan fingerprint density at radius 3 is 2.94 bits per heavy atom. The number of hydrogen-bond donors (Lipinski definition) is 2. The number of aromatic nitrogens is 2. The summed E-state index contributed by atoms with van der Waals surface area (Å²) in [7, 11) is 0. The van der Waals surface area contributed by atoms with Crippen LogP contribution in [0.1, 0.15) is 16.8 Å². The van der Waals surface area contributed by atoms with Gasteiger partial charge in [0.1, 0.15) is 10.7 Å². The number of aryl methyl sites for hydroxylation is 1. The summed E-state index contributed by atoms with van der Waals surface area (Å²) in [5, 5.41) is 3.28. The fourth-order valence-electron chi connectivity index (χ4n) is 1.62. The molecular weight excluding hydrogens is 244 g/mol. The highest BCUT2D eigenvalue weighted by Gasteiger charge is 2.06. The number of thiocarbonyl (C=S) groups is 1. The van der Waals surface area contributed by atoms with Crippen molar-refractivity contribution in [3.05, 3.63) is 53.6 Å². The van der Waals surface area contributed by atoms with Gasteiger partial charge in [0.15, 0.2) is 0 Å². The maximum Gasteiger partial charge on any atom is 0.124 e. The number of hydrogen-bond acceptors (Lipinski definition) is 4. The molecule has 2 aromatic rings. The quantitative estimate of drug-likeness (QED) is 0.822. The van der Waals surface area contributed by atoms with E-state index in [2.05, 4.69) is 22.2 Å². The minimum Gasteiger partial charge on any atom is -0.388 e. The van der Waals surface area contributed by atoms with Gasteiger partial charge in [0.25, 0.3) is 0 Å².